The van der Waals surface area contributed by atoms with Gasteiger partial charge in [-0.25, -0.2) is 4.79 Å². The van der Waals surface area contributed by atoms with Crippen LogP contribution in [0.15, 0.2) is 24.3 Å². The maximum atomic E-state index is 11.9. The molecule has 1 aliphatic rings. The van der Waals surface area contributed by atoms with Crippen molar-refractivity contribution in [1.82, 2.24) is 0 Å². The minimum atomic E-state index is -0.620. The zero-order chi connectivity index (χ0) is 14.4. The van der Waals surface area contributed by atoms with Gasteiger partial charge in [0.2, 0.25) is 0 Å². The van der Waals surface area contributed by atoms with Gasteiger partial charge < -0.3 is 9.84 Å². The van der Waals surface area contributed by atoms with Gasteiger partial charge in [0.25, 0.3) is 0 Å². The average Bonchev–Trinajstić information content (AvgIpc) is 2.83. The van der Waals surface area contributed by atoms with E-state index in [1.165, 1.54) is 7.11 Å². The Kier molecular flexibility index (Phi) is 3.11. The Morgan fingerprint density at radius 3 is 2.65 bits per heavy atom. The van der Waals surface area contributed by atoms with Gasteiger partial charge in [-0.2, -0.15) is 0 Å². The summed E-state index contributed by atoms with van der Waals surface area (Å²) in [6.45, 7) is 0. The first-order chi connectivity index (χ1) is 9.56. The van der Waals surface area contributed by atoms with E-state index < -0.39 is 5.97 Å². The zero-order valence-electron chi connectivity index (χ0n) is 10.5. The van der Waals surface area contributed by atoms with E-state index in [9.17, 15) is 9.90 Å². The van der Waals surface area contributed by atoms with Crippen LogP contribution in [0.2, 0.25) is 10.0 Å². The van der Waals surface area contributed by atoms with Gasteiger partial charge in [0, 0.05) is 5.56 Å². The molecule has 5 heteroatoms. The Bertz CT molecular complexity index is 738. The SMILES string of the molecule is COC(=O)c1c(O)c(Cl)c(Cl)c2c1Cc1ccccc1-2. The molecule has 0 fully saturated rings. The fourth-order valence-electron chi connectivity index (χ4n) is 2.61. The first-order valence-electron chi connectivity index (χ1n) is 5.95. The van der Waals surface area contributed by atoms with Gasteiger partial charge in [0.1, 0.15) is 10.6 Å². The molecule has 1 N–H and O–H groups in total. The number of methoxy groups -OCH3 is 1. The number of halogens is 2. The van der Waals surface area contributed by atoms with Crippen molar-refractivity contribution < 1.29 is 14.6 Å². The van der Waals surface area contributed by atoms with Gasteiger partial charge in [0.15, 0.2) is 5.75 Å². The van der Waals surface area contributed by atoms with Crippen molar-refractivity contribution >= 4 is 29.2 Å². The number of esters is 1. The first-order valence-corrected chi connectivity index (χ1v) is 6.71. The second-order valence-corrected chi connectivity index (χ2v) is 5.29. The predicted octanol–water partition coefficient (Wildman–Crippen LogP) is 4.06. The highest BCUT2D eigenvalue weighted by atomic mass is 35.5. The molecule has 0 atom stereocenters. The third-order valence-corrected chi connectivity index (χ3v) is 4.35. The number of phenolic OH excluding ortho intramolecular Hbond substituents is 1. The van der Waals surface area contributed by atoms with E-state index in [2.05, 4.69) is 0 Å². The molecule has 2 aromatic carbocycles. The summed E-state index contributed by atoms with van der Waals surface area (Å²) in [5.74, 6) is -0.944. The van der Waals surface area contributed by atoms with Gasteiger partial charge >= 0.3 is 5.97 Å². The summed E-state index contributed by atoms with van der Waals surface area (Å²) in [6, 6.07) is 7.68. The highest BCUT2D eigenvalue weighted by Gasteiger charge is 2.31. The normalized spacial score (nSPS) is 11.9. The van der Waals surface area contributed by atoms with Crippen molar-refractivity contribution in [2.45, 2.75) is 6.42 Å². The second-order valence-electron chi connectivity index (χ2n) is 4.53. The molecular formula is C15H10Cl2O3. The number of hydrogen-bond acceptors (Lipinski definition) is 3. The fourth-order valence-corrected chi connectivity index (χ4v) is 3.11. The summed E-state index contributed by atoms with van der Waals surface area (Å²) in [7, 11) is 1.26. The van der Waals surface area contributed by atoms with E-state index in [-0.39, 0.29) is 21.4 Å². The van der Waals surface area contributed by atoms with E-state index in [1.807, 2.05) is 24.3 Å². The summed E-state index contributed by atoms with van der Waals surface area (Å²) in [5, 5.41) is 10.3. The number of rotatable bonds is 1. The molecule has 3 nitrogen and oxygen atoms in total. The highest BCUT2D eigenvalue weighted by Crippen LogP contribution is 2.50. The van der Waals surface area contributed by atoms with Crippen molar-refractivity contribution in [1.29, 1.82) is 0 Å². The number of aromatic hydroxyl groups is 1. The number of ether oxygens (including phenoxy) is 1. The monoisotopic (exact) mass is 308 g/mol. The van der Waals surface area contributed by atoms with Crippen LogP contribution in [0.3, 0.4) is 0 Å². The van der Waals surface area contributed by atoms with Crippen LogP contribution in [-0.4, -0.2) is 18.2 Å². The van der Waals surface area contributed by atoms with Gasteiger partial charge in [0.05, 0.1) is 12.1 Å². The topological polar surface area (TPSA) is 46.5 Å². The van der Waals surface area contributed by atoms with Crippen LogP contribution < -0.4 is 0 Å². The quantitative estimate of drug-likeness (QED) is 0.690. The van der Waals surface area contributed by atoms with Crippen LogP contribution in [0.4, 0.5) is 0 Å². The van der Waals surface area contributed by atoms with Crippen molar-refractivity contribution in [3.8, 4) is 16.9 Å². The van der Waals surface area contributed by atoms with Crippen LogP contribution in [0, 0.1) is 0 Å². The number of hydrogen-bond donors (Lipinski definition) is 1. The Labute approximate surface area is 125 Å². The summed E-state index contributed by atoms with van der Waals surface area (Å²) >= 11 is 12.3. The number of phenols is 1. The largest absolute Gasteiger partial charge is 0.505 e. The molecule has 0 aliphatic heterocycles. The Morgan fingerprint density at radius 1 is 1.25 bits per heavy atom. The molecule has 2 aromatic rings. The van der Waals surface area contributed by atoms with Crippen molar-refractivity contribution in [2.75, 3.05) is 7.11 Å². The molecule has 0 bridgehead atoms. The summed E-state index contributed by atoms with van der Waals surface area (Å²) in [6.07, 6.45) is 0.514. The van der Waals surface area contributed by atoms with Crippen LogP contribution in [-0.2, 0) is 11.2 Å². The van der Waals surface area contributed by atoms with Crippen LogP contribution >= 0.6 is 23.2 Å². The van der Waals surface area contributed by atoms with Crippen molar-refractivity contribution in [3.63, 3.8) is 0 Å². The minimum absolute atomic E-state index is 0.0254. The lowest BCUT2D eigenvalue weighted by Gasteiger charge is -2.13. The van der Waals surface area contributed by atoms with E-state index in [0.29, 0.717) is 17.5 Å². The molecule has 0 radical (unpaired) electrons. The number of benzene rings is 2. The lowest BCUT2D eigenvalue weighted by molar-refractivity contribution is 0.0596. The predicted molar refractivity (Wildman–Crippen MR) is 77.7 cm³/mol. The van der Waals surface area contributed by atoms with E-state index in [0.717, 1.165) is 11.1 Å². The Balaban J connectivity index is 2.39. The zero-order valence-corrected chi connectivity index (χ0v) is 12.0. The molecule has 0 amide bonds. The van der Waals surface area contributed by atoms with E-state index in [4.69, 9.17) is 27.9 Å². The summed E-state index contributed by atoms with van der Waals surface area (Å²) in [4.78, 5) is 11.9. The minimum Gasteiger partial charge on any atom is -0.505 e. The number of carbonyl (C=O) groups is 1. The van der Waals surface area contributed by atoms with Crippen LogP contribution in [0.5, 0.6) is 5.75 Å². The maximum Gasteiger partial charge on any atom is 0.342 e. The Morgan fingerprint density at radius 2 is 1.95 bits per heavy atom. The van der Waals surface area contributed by atoms with Gasteiger partial charge in [-0.05, 0) is 23.1 Å². The van der Waals surface area contributed by atoms with Crippen LogP contribution in [0.25, 0.3) is 11.1 Å². The lowest BCUT2D eigenvalue weighted by atomic mass is 10.00. The molecule has 3 rings (SSSR count). The third kappa shape index (κ3) is 1.70. The molecule has 0 heterocycles. The molecule has 0 saturated heterocycles. The lowest BCUT2D eigenvalue weighted by Crippen LogP contribution is -2.06. The number of carbonyl (C=O) groups excluding carboxylic acids is 1. The molecule has 0 aromatic heterocycles. The van der Waals surface area contributed by atoms with Gasteiger partial charge in [-0.15, -0.1) is 0 Å². The highest BCUT2D eigenvalue weighted by molar-refractivity contribution is 6.45. The molecular weight excluding hydrogens is 299 g/mol. The van der Waals surface area contributed by atoms with Crippen molar-refractivity contribution in [3.05, 3.63) is 51.0 Å². The smallest absolute Gasteiger partial charge is 0.342 e. The molecule has 0 spiro atoms. The van der Waals surface area contributed by atoms with E-state index >= 15 is 0 Å². The molecule has 20 heavy (non-hydrogen) atoms. The van der Waals surface area contributed by atoms with Gasteiger partial charge in [-0.3, -0.25) is 0 Å². The van der Waals surface area contributed by atoms with Crippen LogP contribution in [0.1, 0.15) is 21.5 Å². The standard InChI is InChI=1S/C15H10Cl2O3/c1-20-15(19)11-9-6-7-4-2-3-5-8(7)10(9)12(16)13(17)14(11)18/h2-5,18H,6H2,1H3. The fraction of sp³-hybridized carbons (Fsp3) is 0.133. The molecule has 102 valence electrons. The average molecular weight is 309 g/mol. The third-order valence-electron chi connectivity index (χ3n) is 3.50. The number of fused-ring (bicyclic) bond motifs is 3. The Hall–Kier alpha value is -1.71. The first kappa shape index (κ1) is 13.3. The van der Waals surface area contributed by atoms with E-state index in [1.54, 1.807) is 0 Å². The summed E-state index contributed by atoms with van der Waals surface area (Å²) < 4.78 is 4.74. The molecule has 0 unspecified atom stereocenters. The second kappa shape index (κ2) is 4.69. The molecule has 0 saturated carbocycles. The molecule has 1 aliphatic carbocycles. The van der Waals surface area contributed by atoms with Gasteiger partial charge in [-0.1, -0.05) is 47.5 Å². The van der Waals surface area contributed by atoms with Crippen molar-refractivity contribution in [2.24, 2.45) is 0 Å². The summed E-state index contributed by atoms with van der Waals surface area (Å²) in [5.41, 5.74) is 3.42. The maximum absolute atomic E-state index is 11.9.